The van der Waals surface area contributed by atoms with Crippen molar-refractivity contribution in [1.82, 2.24) is 4.57 Å². The quantitative estimate of drug-likeness (QED) is 0.364. The largest absolute Gasteiger partial charge is 0.342 e. The van der Waals surface area contributed by atoms with E-state index in [9.17, 15) is 0 Å². The van der Waals surface area contributed by atoms with Crippen LogP contribution in [-0.4, -0.2) is 4.57 Å². The van der Waals surface area contributed by atoms with E-state index >= 15 is 0 Å². The standard InChI is InChI=1S/C24H23NS/c1-18-12-13-19(2)21(14-18)17-26-24-16-25(15-20-8-4-3-5-9-20)23-11-7-6-10-22(23)24/h3-14,16H,15,17H2,1-2H3. The molecule has 0 amide bonds. The van der Waals surface area contributed by atoms with E-state index in [1.807, 2.05) is 11.8 Å². The van der Waals surface area contributed by atoms with E-state index in [1.54, 1.807) is 0 Å². The van der Waals surface area contributed by atoms with E-state index in [0.29, 0.717) is 0 Å². The van der Waals surface area contributed by atoms with Crippen molar-refractivity contribution in [2.24, 2.45) is 0 Å². The number of fused-ring (bicyclic) bond motifs is 1. The average Bonchev–Trinajstić information content (AvgIpc) is 3.01. The summed E-state index contributed by atoms with van der Waals surface area (Å²) in [5, 5.41) is 1.35. The second-order valence-corrected chi connectivity index (χ2v) is 7.86. The molecule has 1 nitrogen and oxygen atoms in total. The SMILES string of the molecule is Cc1ccc(C)c(CSc2cn(Cc3ccccc3)c3ccccc23)c1. The molecule has 2 heteroatoms. The molecule has 4 rings (SSSR count). The smallest absolute Gasteiger partial charge is 0.0495 e. The van der Waals surface area contributed by atoms with Gasteiger partial charge in [-0.2, -0.15) is 0 Å². The van der Waals surface area contributed by atoms with Gasteiger partial charge in [0.2, 0.25) is 0 Å². The fraction of sp³-hybridized carbons (Fsp3) is 0.167. The van der Waals surface area contributed by atoms with Gasteiger partial charge < -0.3 is 4.57 Å². The highest BCUT2D eigenvalue weighted by molar-refractivity contribution is 7.98. The molecule has 4 aromatic rings. The lowest BCUT2D eigenvalue weighted by atomic mass is 10.1. The summed E-state index contributed by atoms with van der Waals surface area (Å²) in [5.41, 5.74) is 6.77. The molecule has 0 fully saturated rings. The Labute approximate surface area is 159 Å². The first-order valence-electron chi connectivity index (χ1n) is 9.01. The van der Waals surface area contributed by atoms with Crippen LogP contribution in [0.4, 0.5) is 0 Å². The van der Waals surface area contributed by atoms with Crippen LogP contribution in [0.5, 0.6) is 0 Å². The van der Waals surface area contributed by atoms with Crippen LogP contribution in [0.3, 0.4) is 0 Å². The van der Waals surface area contributed by atoms with Gasteiger partial charge in [-0.05, 0) is 36.6 Å². The van der Waals surface area contributed by atoms with Crippen LogP contribution in [0, 0.1) is 13.8 Å². The molecule has 0 aliphatic heterocycles. The molecule has 0 N–H and O–H groups in total. The molecule has 1 heterocycles. The Kier molecular flexibility index (Phi) is 4.85. The van der Waals surface area contributed by atoms with E-state index in [-0.39, 0.29) is 0 Å². The van der Waals surface area contributed by atoms with E-state index in [2.05, 4.69) is 97.4 Å². The predicted octanol–water partition coefficient (Wildman–Crippen LogP) is 6.60. The van der Waals surface area contributed by atoms with Crippen molar-refractivity contribution in [3.63, 3.8) is 0 Å². The first kappa shape index (κ1) is 17.0. The number of aryl methyl sites for hydroxylation is 2. The van der Waals surface area contributed by atoms with Crippen molar-refractivity contribution < 1.29 is 0 Å². The summed E-state index contributed by atoms with van der Waals surface area (Å²) in [6.07, 6.45) is 2.31. The topological polar surface area (TPSA) is 4.93 Å². The Morgan fingerprint density at radius 3 is 2.46 bits per heavy atom. The number of rotatable bonds is 5. The van der Waals surface area contributed by atoms with E-state index in [0.717, 1.165) is 12.3 Å². The maximum absolute atomic E-state index is 2.37. The zero-order valence-corrected chi connectivity index (χ0v) is 16.1. The van der Waals surface area contributed by atoms with Gasteiger partial charge in [0.1, 0.15) is 0 Å². The summed E-state index contributed by atoms with van der Waals surface area (Å²) < 4.78 is 2.37. The maximum atomic E-state index is 2.37. The van der Waals surface area contributed by atoms with Gasteiger partial charge in [-0.15, -0.1) is 11.8 Å². The minimum Gasteiger partial charge on any atom is -0.342 e. The summed E-state index contributed by atoms with van der Waals surface area (Å²) in [6, 6.07) is 26.1. The number of thioether (sulfide) groups is 1. The van der Waals surface area contributed by atoms with Crippen molar-refractivity contribution >= 4 is 22.7 Å². The summed E-state index contributed by atoms with van der Waals surface area (Å²) in [5.74, 6) is 1.01. The summed E-state index contributed by atoms with van der Waals surface area (Å²) in [6.45, 7) is 5.28. The Balaban J connectivity index is 1.64. The van der Waals surface area contributed by atoms with Gasteiger partial charge >= 0.3 is 0 Å². The Hall–Kier alpha value is -2.45. The molecule has 0 aliphatic carbocycles. The lowest BCUT2D eigenvalue weighted by Crippen LogP contribution is -1.97. The molecule has 0 unspecified atom stereocenters. The molecular formula is C24H23NS. The van der Waals surface area contributed by atoms with Gasteiger partial charge in [-0.3, -0.25) is 0 Å². The van der Waals surface area contributed by atoms with Gasteiger partial charge in [0.15, 0.2) is 0 Å². The number of hydrogen-bond acceptors (Lipinski definition) is 1. The number of hydrogen-bond donors (Lipinski definition) is 0. The third-order valence-corrected chi connectivity index (χ3v) is 5.93. The molecule has 0 radical (unpaired) electrons. The van der Waals surface area contributed by atoms with Crippen LogP contribution < -0.4 is 0 Å². The summed E-state index contributed by atoms with van der Waals surface area (Å²) in [4.78, 5) is 1.36. The third-order valence-electron chi connectivity index (χ3n) is 4.84. The molecule has 26 heavy (non-hydrogen) atoms. The zero-order valence-electron chi connectivity index (χ0n) is 15.3. The minimum absolute atomic E-state index is 0.908. The molecule has 1 aromatic heterocycles. The normalized spacial score (nSPS) is 11.2. The lowest BCUT2D eigenvalue weighted by molar-refractivity contribution is 0.830. The van der Waals surface area contributed by atoms with Crippen molar-refractivity contribution in [2.75, 3.05) is 0 Å². The Bertz CT molecular complexity index is 1030. The van der Waals surface area contributed by atoms with Gasteiger partial charge in [0.25, 0.3) is 0 Å². The first-order valence-corrected chi connectivity index (χ1v) is 10.00. The van der Waals surface area contributed by atoms with Crippen molar-refractivity contribution in [3.05, 3.63) is 101 Å². The number of nitrogens with zero attached hydrogens (tertiary/aromatic N) is 1. The molecule has 0 bridgehead atoms. The van der Waals surface area contributed by atoms with Crippen molar-refractivity contribution in [2.45, 2.75) is 31.0 Å². The van der Waals surface area contributed by atoms with Crippen molar-refractivity contribution in [3.8, 4) is 0 Å². The highest BCUT2D eigenvalue weighted by atomic mass is 32.2. The number of benzene rings is 3. The van der Waals surface area contributed by atoms with Gasteiger partial charge in [0.05, 0.1) is 0 Å². The monoisotopic (exact) mass is 357 g/mol. The van der Waals surface area contributed by atoms with E-state index in [1.165, 1.54) is 38.1 Å². The van der Waals surface area contributed by atoms with Gasteiger partial charge in [-0.25, -0.2) is 0 Å². The molecule has 3 aromatic carbocycles. The van der Waals surface area contributed by atoms with Crippen molar-refractivity contribution in [1.29, 1.82) is 0 Å². The predicted molar refractivity (Wildman–Crippen MR) is 113 cm³/mol. The molecular weight excluding hydrogens is 334 g/mol. The Morgan fingerprint density at radius 1 is 0.846 bits per heavy atom. The second kappa shape index (κ2) is 7.43. The van der Waals surface area contributed by atoms with Crippen LogP contribution in [0.25, 0.3) is 10.9 Å². The molecule has 130 valence electrons. The fourth-order valence-corrected chi connectivity index (χ4v) is 4.50. The molecule has 0 spiro atoms. The second-order valence-electron chi connectivity index (χ2n) is 6.84. The fourth-order valence-electron chi connectivity index (χ4n) is 3.35. The highest BCUT2D eigenvalue weighted by Gasteiger charge is 2.10. The first-order chi connectivity index (χ1) is 12.7. The summed E-state index contributed by atoms with van der Waals surface area (Å²) in [7, 11) is 0. The maximum Gasteiger partial charge on any atom is 0.0495 e. The molecule has 0 saturated heterocycles. The van der Waals surface area contributed by atoms with E-state index < -0.39 is 0 Å². The lowest BCUT2D eigenvalue weighted by Gasteiger charge is -2.06. The molecule has 0 saturated carbocycles. The van der Waals surface area contributed by atoms with E-state index in [4.69, 9.17) is 0 Å². The third kappa shape index (κ3) is 3.56. The Morgan fingerprint density at radius 2 is 1.62 bits per heavy atom. The minimum atomic E-state index is 0.908. The van der Waals surface area contributed by atoms with Crippen LogP contribution in [0.1, 0.15) is 22.3 Å². The summed E-state index contributed by atoms with van der Waals surface area (Å²) >= 11 is 1.94. The molecule has 0 atom stereocenters. The number of para-hydroxylation sites is 1. The van der Waals surface area contributed by atoms with Crippen LogP contribution in [0.2, 0.25) is 0 Å². The molecule has 0 aliphatic rings. The van der Waals surface area contributed by atoms with Crippen LogP contribution in [0.15, 0.2) is 83.9 Å². The van der Waals surface area contributed by atoms with Gasteiger partial charge in [-0.1, -0.05) is 72.3 Å². The highest BCUT2D eigenvalue weighted by Crippen LogP contribution is 2.33. The van der Waals surface area contributed by atoms with Crippen LogP contribution in [-0.2, 0) is 12.3 Å². The average molecular weight is 358 g/mol. The van der Waals surface area contributed by atoms with Crippen LogP contribution >= 0.6 is 11.8 Å². The van der Waals surface area contributed by atoms with Gasteiger partial charge in [0, 0.05) is 34.3 Å². The zero-order chi connectivity index (χ0) is 17.9. The number of aromatic nitrogens is 1.